The van der Waals surface area contributed by atoms with E-state index in [4.69, 9.17) is 4.74 Å². The highest BCUT2D eigenvalue weighted by molar-refractivity contribution is 4.85. The predicted molar refractivity (Wildman–Crippen MR) is 79.4 cm³/mol. The molecule has 0 aromatic carbocycles. The van der Waals surface area contributed by atoms with Gasteiger partial charge in [-0.25, -0.2) is 0 Å². The zero-order valence-electron chi connectivity index (χ0n) is 12.9. The van der Waals surface area contributed by atoms with Crippen LogP contribution >= 0.6 is 0 Å². The minimum atomic E-state index is 0.232. The van der Waals surface area contributed by atoms with Crippen molar-refractivity contribution in [3.8, 4) is 0 Å². The third-order valence-electron chi connectivity index (χ3n) is 4.13. The molecule has 0 bridgehead atoms. The molecule has 1 rings (SSSR count). The van der Waals surface area contributed by atoms with Crippen LogP contribution in [-0.2, 0) is 4.74 Å². The molecule has 0 spiro atoms. The van der Waals surface area contributed by atoms with E-state index in [2.05, 4.69) is 24.1 Å². The van der Waals surface area contributed by atoms with Crippen LogP contribution in [0.25, 0.3) is 0 Å². The van der Waals surface area contributed by atoms with Gasteiger partial charge in [-0.2, -0.15) is 0 Å². The molecular weight excluding hydrogens is 240 g/mol. The van der Waals surface area contributed by atoms with Crippen molar-refractivity contribution in [2.45, 2.75) is 51.6 Å². The minimum absolute atomic E-state index is 0.232. The zero-order chi connectivity index (χ0) is 14.1. The summed E-state index contributed by atoms with van der Waals surface area (Å²) in [5.41, 5.74) is 0. The molecule has 0 aliphatic heterocycles. The maximum atomic E-state index is 9.40. The lowest BCUT2D eigenvalue weighted by Gasteiger charge is -2.30. The molecule has 0 aromatic rings. The molecule has 0 radical (unpaired) electrons. The molecule has 19 heavy (non-hydrogen) atoms. The van der Waals surface area contributed by atoms with Crippen molar-refractivity contribution in [3.05, 3.63) is 0 Å². The number of hydrogen-bond acceptors (Lipinski definition) is 4. The predicted octanol–water partition coefficient (Wildman–Crippen LogP) is 1.48. The smallest absolute Gasteiger partial charge is 0.0589 e. The Balaban J connectivity index is 2.32. The summed E-state index contributed by atoms with van der Waals surface area (Å²) in [7, 11) is 1.76. The molecule has 114 valence electrons. The standard InChI is InChI=1S/C15H32N2O2/c1-4-8-16-15(12-18)7-9-17(10-11-19-3)13(2)14-5-6-14/h13-16,18H,4-12H2,1-3H3. The SMILES string of the molecule is CCCNC(CO)CCN(CCOC)C(C)C1CC1. The zero-order valence-corrected chi connectivity index (χ0v) is 12.9. The van der Waals surface area contributed by atoms with E-state index in [1.165, 1.54) is 12.8 Å². The first-order valence-electron chi connectivity index (χ1n) is 7.80. The molecule has 2 unspecified atom stereocenters. The maximum absolute atomic E-state index is 9.40. The van der Waals surface area contributed by atoms with E-state index in [0.29, 0.717) is 6.04 Å². The summed E-state index contributed by atoms with van der Waals surface area (Å²) in [4.78, 5) is 2.53. The quantitative estimate of drug-likeness (QED) is 0.565. The molecule has 0 amide bonds. The fraction of sp³-hybridized carbons (Fsp3) is 1.00. The third-order valence-corrected chi connectivity index (χ3v) is 4.13. The Bertz CT molecular complexity index is 222. The van der Waals surface area contributed by atoms with Crippen molar-refractivity contribution < 1.29 is 9.84 Å². The van der Waals surface area contributed by atoms with Gasteiger partial charge < -0.3 is 15.2 Å². The van der Waals surface area contributed by atoms with Crippen LogP contribution in [0, 0.1) is 5.92 Å². The van der Waals surface area contributed by atoms with E-state index in [-0.39, 0.29) is 12.6 Å². The van der Waals surface area contributed by atoms with Gasteiger partial charge in [0.05, 0.1) is 13.2 Å². The highest BCUT2D eigenvalue weighted by Crippen LogP contribution is 2.35. The molecule has 0 saturated heterocycles. The lowest BCUT2D eigenvalue weighted by molar-refractivity contribution is 0.109. The van der Waals surface area contributed by atoms with Crippen molar-refractivity contribution >= 4 is 0 Å². The van der Waals surface area contributed by atoms with Gasteiger partial charge in [0, 0.05) is 32.3 Å². The third kappa shape index (κ3) is 6.70. The summed E-state index contributed by atoms with van der Waals surface area (Å²) in [6, 6.07) is 0.886. The fourth-order valence-corrected chi connectivity index (χ4v) is 2.53. The molecule has 1 aliphatic rings. The van der Waals surface area contributed by atoms with Crippen molar-refractivity contribution in [1.82, 2.24) is 10.2 Å². The lowest BCUT2D eigenvalue weighted by atomic mass is 10.1. The average Bonchev–Trinajstić information content (AvgIpc) is 3.26. The van der Waals surface area contributed by atoms with E-state index in [9.17, 15) is 5.11 Å². The number of rotatable bonds is 12. The first-order chi connectivity index (χ1) is 9.22. The van der Waals surface area contributed by atoms with Gasteiger partial charge in [0.15, 0.2) is 0 Å². The van der Waals surface area contributed by atoms with Crippen molar-refractivity contribution in [1.29, 1.82) is 0 Å². The van der Waals surface area contributed by atoms with E-state index in [1.807, 2.05) is 0 Å². The van der Waals surface area contributed by atoms with E-state index in [0.717, 1.165) is 45.0 Å². The molecule has 0 aromatic heterocycles. The Morgan fingerprint density at radius 1 is 1.37 bits per heavy atom. The Labute approximate surface area is 118 Å². The molecule has 2 N–H and O–H groups in total. The van der Waals surface area contributed by atoms with Crippen molar-refractivity contribution in [2.24, 2.45) is 5.92 Å². The van der Waals surface area contributed by atoms with Crippen molar-refractivity contribution in [2.75, 3.05) is 40.0 Å². The Kier molecular flexibility index (Phi) is 8.62. The summed E-state index contributed by atoms with van der Waals surface area (Å²) in [5, 5.41) is 12.8. The molecule has 0 heterocycles. The minimum Gasteiger partial charge on any atom is -0.395 e. The molecule has 4 nitrogen and oxygen atoms in total. The summed E-state index contributed by atoms with van der Waals surface area (Å²) in [6.07, 6.45) is 4.88. The fourth-order valence-electron chi connectivity index (χ4n) is 2.53. The van der Waals surface area contributed by atoms with Gasteiger partial charge in [-0.15, -0.1) is 0 Å². The number of aliphatic hydroxyl groups excluding tert-OH is 1. The van der Waals surface area contributed by atoms with Crippen LogP contribution in [0.4, 0.5) is 0 Å². The van der Waals surface area contributed by atoms with Gasteiger partial charge in [-0.1, -0.05) is 6.92 Å². The summed E-state index contributed by atoms with van der Waals surface area (Å²) < 4.78 is 5.21. The van der Waals surface area contributed by atoms with Crippen LogP contribution in [0.3, 0.4) is 0 Å². The Hall–Kier alpha value is -0.160. The van der Waals surface area contributed by atoms with E-state index in [1.54, 1.807) is 7.11 Å². The number of aliphatic hydroxyl groups is 1. The number of nitrogens with one attached hydrogen (secondary N) is 1. The summed E-state index contributed by atoms with van der Waals surface area (Å²) >= 11 is 0. The second-order valence-electron chi connectivity index (χ2n) is 5.73. The first kappa shape index (κ1) is 16.9. The van der Waals surface area contributed by atoms with Crippen LogP contribution in [-0.4, -0.2) is 62.0 Å². The van der Waals surface area contributed by atoms with Gasteiger partial charge in [0.2, 0.25) is 0 Å². The van der Waals surface area contributed by atoms with Crippen LogP contribution in [0.5, 0.6) is 0 Å². The Morgan fingerprint density at radius 3 is 2.63 bits per heavy atom. The van der Waals surface area contributed by atoms with Crippen LogP contribution in [0.1, 0.15) is 39.5 Å². The van der Waals surface area contributed by atoms with E-state index >= 15 is 0 Å². The average molecular weight is 272 g/mol. The monoisotopic (exact) mass is 272 g/mol. The number of hydrogen-bond donors (Lipinski definition) is 2. The summed E-state index contributed by atoms with van der Waals surface area (Å²) in [5.74, 6) is 0.882. The second-order valence-corrected chi connectivity index (χ2v) is 5.73. The largest absolute Gasteiger partial charge is 0.395 e. The number of ether oxygens (including phenoxy) is 1. The second kappa shape index (κ2) is 9.70. The van der Waals surface area contributed by atoms with Gasteiger partial charge >= 0.3 is 0 Å². The Morgan fingerprint density at radius 2 is 2.11 bits per heavy atom. The molecule has 2 atom stereocenters. The number of nitrogens with zero attached hydrogens (tertiary/aromatic N) is 1. The molecular formula is C15H32N2O2. The van der Waals surface area contributed by atoms with E-state index < -0.39 is 0 Å². The molecule has 4 heteroatoms. The molecule has 1 aliphatic carbocycles. The van der Waals surface area contributed by atoms with Crippen LogP contribution < -0.4 is 5.32 Å². The topological polar surface area (TPSA) is 44.7 Å². The molecule has 1 saturated carbocycles. The lowest BCUT2D eigenvalue weighted by Crippen LogP contribution is -2.42. The number of methoxy groups -OCH3 is 1. The highest BCUT2D eigenvalue weighted by Gasteiger charge is 2.31. The van der Waals surface area contributed by atoms with Crippen LogP contribution in [0.15, 0.2) is 0 Å². The summed E-state index contributed by atoms with van der Waals surface area (Å²) in [6.45, 7) is 8.55. The molecule has 1 fully saturated rings. The van der Waals surface area contributed by atoms with Gasteiger partial charge in [-0.05, 0) is 45.1 Å². The normalized spacial score (nSPS) is 18.8. The van der Waals surface area contributed by atoms with Crippen molar-refractivity contribution in [3.63, 3.8) is 0 Å². The van der Waals surface area contributed by atoms with Gasteiger partial charge in [0.25, 0.3) is 0 Å². The highest BCUT2D eigenvalue weighted by atomic mass is 16.5. The first-order valence-corrected chi connectivity index (χ1v) is 7.80. The van der Waals surface area contributed by atoms with Gasteiger partial charge in [-0.3, -0.25) is 4.90 Å². The van der Waals surface area contributed by atoms with Gasteiger partial charge in [0.1, 0.15) is 0 Å². The maximum Gasteiger partial charge on any atom is 0.0589 e. The van der Waals surface area contributed by atoms with Crippen LogP contribution in [0.2, 0.25) is 0 Å².